The molecule has 4 fully saturated rings. The number of aryl methyl sites for hydroxylation is 1. The lowest BCUT2D eigenvalue weighted by atomic mass is 9.73. The minimum absolute atomic E-state index is 0.0806. The zero-order valence-corrected chi connectivity index (χ0v) is 37.7. The Kier molecular flexibility index (Phi) is 19.0. The van der Waals surface area contributed by atoms with E-state index in [0.717, 1.165) is 36.8 Å². The van der Waals surface area contributed by atoms with Crippen molar-refractivity contribution in [1.29, 1.82) is 0 Å². The molecule has 5 aliphatic rings. The number of hydrogen-bond donors (Lipinski definition) is 14. The number of ether oxygens (including phenoxy) is 8. The highest BCUT2D eigenvalue weighted by Gasteiger charge is 2.54. The van der Waals surface area contributed by atoms with Crippen molar-refractivity contribution in [1.82, 2.24) is 0 Å². The first-order valence-electron chi connectivity index (χ1n) is 22.9. The molecule has 0 unspecified atom stereocenters. The van der Waals surface area contributed by atoms with Crippen LogP contribution in [0.5, 0.6) is 11.5 Å². The highest BCUT2D eigenvalue weighted by molar-refractivity contribution is 5.53. The van der Waals surface area contributed by atoms with Crippen LogP contribution in [0.3, 0.4) is 0 Å². The minimum Gasteiger partial charge on any atom is -0.462 e. The maximum Gasteiger partial charge on any atom is 0.229 e. The van der Waals surface area contributed by atoms with Gasteiger partial charge in [-0.3, -0.25) is 0 Å². The highest BCUT2D eigenvalue weighted by atomic mass is 16.8. The predicted molar refractivity (Wildman–Crippen MR) is 228 cm³/mol. The third-order valence-electron chi connectivity index (χ3n) is 13.4. The molecule has 0 aromatic heterocycles. The van der Waals surface area contributed by atoms with Gasteiger partial charge < -0.3 is 109 Å². The van der Waals surface area contributed by atoms with Crippen LogP contribution in [-0.4, -0.2) is 221 Å². The summed E-state index contributed by atoms with van der Waals surface area (Å²) < 4.78 is 47.6. The maximum absolute atomic E-state index is 12.0. The standard InChI is InChI=1S/C45H70O22/c1-5-6-7-8-20-12-23(60-42-36(56)34(54)30(50)25(14-46)62-42)29(22-11-19(4)9-10-21(22)18(2)3)24(13-20)61-44-38(58)40(32(52)27(16-48)64-44)67-45-39(59)41(33(53)28(17-49)65-45)66-43-37(57)35(55)31(51)26(15-47)63-43/h11-13,21-22,25-28,30-59H,2,5-10,14-17H2,1,3-4H3/t21-,22+,25-,26+,27+,28+,30-,31+,32+,33+,34+,35-,36-,37+,38+,39+,40-,41-,42-,43-,44+,45-/m0/s1. The summed E-state index contributed by atoms with van der Waals surface area (Å²) >= 11 is 0. The monoisotopic (exact) mass is 962 g/mol. The Balaban J connectivity index is 1.37. The second-order valence-corrected chi connectivity index (χ2v) is 18.2. The van der Waals surface area contributed by atoms with E-state index < -0.39 is 155 Å². The van der Waals surface area contributed by atoms with Crippen molar-refractivity contribution < 1.29 is 109 Å². The second kappa shape index (κ2) is 23.6. The molecular formula is C45H70O22. The predicted octanol–water partition coefficient (Wildman–Crippen LogP) is -3.56. The van der Waals surface area contributed by atoms with Gasteiger partial charge in [0.2, 0.25) is 12.6 Å². The average molecular weight is 963 g/mol. The molecule has 22 heteroatoms. The molecule has 382 valence electrons. The van der Waals surface area contributed by atoms with Gasteiger partial charge in [0.05, 0.1) is 26.4 Å². The summed E-state index contributed by atoms with van der Waals surface area (Å²) in [7, 11) is 0. The molecule has 4 saturated heterocycles. The molecule has 0 spiro atoms. The van der Waals surface area contributed by atoms with Crippen molar-refractivity contribution in [3.63, 3.8) is 0 Å². The van der Waals surface area contributed by atoms with E-state index in [9.17, 15) is 71.5 Å². The summed E-state index contributed by atoms with van der Waals surface area (Å²) in [6, 6.07) is 3.44. The Morgan fingerprint density at radius 2 is 1.00 bits per heavy atom. The lowest BCUT2D eigenvalue weighted by molar-refractivity contribution is -0.378. The zero-order chi connectivity index (χ0) is 49.0. The van der Waals surface area contributed by atoms with Crippen molar-refractivity contribution in [2.45, 2.75) is 188 Å². The fraction of sp³-hybridized carbons (Fsp3) is 0.778. The highest BCUT2D eigenvalue weighted by Crippen LogP contribution is 2.49. The Bertz CT molecular complexity index is 1780. The molecule has 14 N–H and O–H groups in total. The average Bonchev–Trinajstić information content (AvgIpc) is 3.30. The lowest BCUT2D eigenvalue weighted by Gasteiger charge is -2.48. The Morgan fingerprint density at radius 3 is 1.46 bits per heavy atom. The number of benzene rings is 1. The second-order valence-electron chi connectivity index (χ2n) is 18.2. The molecule has 0 radical (unpaired) electrons. The number of unbranched alkanes of at least 4 members (excludes halogenated alkanes) is 2. The Morgan fingerprint density at radius 1 is 0.582 bits per heavy atom. The van der Waals surface area contributed by atoms with E-state index in [1.165, 1.54) is 0 Å². The SMILES string of the molecule is C=C(C)[C@@H]1CCC(C)=C[C@H]1c1c(O[C@H]2O[C@@H](CO)[C@H](O)[C@@H](O)[C@@H]2O)cc(CCCCC)cc1O[C@@H]1O[C@H](CO)[C@@H](O)[C@H](O[C@@H]2O[C@H](CO)[C@@H](O)[C@H](O[C@@H]3O[C@H](CO)[C@@H](O)[C@H](O)[C@H]3O)[C@H]2O)[C@H]1O. The number of allylic oxidation sites excluding steroid dienone is 3. The number of aliphatic hydroxyl groups is 14. The molecule has 0 saturated carbocycles. The smallest absolute Gasteiger partial charge is 0.229 e. The van der Waals surface area contributed by atoms with Gasteiger partial charge in [0.15, 0.2) is 12.6 Å². The first-order chi connectivity index (χ1) is 31.9. The van der Waals surface area contributed by atoms with Crippen LogP contribution in [0, 0.1) is 5.92 Å². The molecule has 6 rings (SSSR count). The molecule has 1 aliphatic carbocycles. The molecule has 22 nitrogen and oxygen atoms in total. The van der Waals surface area contributed by atoms with Gasteiger partial charge in [-0.05, 0) is 63.1 Å². The molecular weight excluding hydrogens is 892 g/mol. The van der Waals surface area contributed by atoms with Crippen molar-refractivity contribution >= 4 is 0 Å². The Labute approximate surface area is 387 Å². The summed E-state index contributed by atoms with van der Waals surface area (Å²) in [6.45, 7) is 6.84. The third-order valence-corrected chi connectivity index (χ3v) is 13.4. The lowest BCUT2D eigenvalue weighted by Crippen LogP contribution is -2.67. The summed E-state index contributed by atoms with van der Waals surface area (Å²) in [5.74, 6) is -0.555. The van der Waals surface area contributed by atoms with Gasteiger partial charge >= 0.3 is 0 Å². The van der Waals surface area contributed by atoms with E-state index >= 15 is 0 Å². The van der Waals surface area contributed by atoms with E-state index in [1.807, 2.05) is 26.8 Å². The van der Waals surface area contributed by atoms with E-state index in [1.54, 1.807) is 12.1 Å². The van der Waals surface area contributed by atoms with Gasteiger partial charge in [-0.25, -0.2) is 0 Å². The molecule has 4 heterocycles. The fourth-order valence-electron chi connectivity index (χ4n) is 9.35. The van der Waals surface area contributed by atoms with Gasteiger partial charge in [-0.2, -0.15) is 0 Å². The third kappa shape index (κ3) is 11.7. The van der Waals surface area contributed by atoms with Gasteiger partial charge in [0, 0.05) is 11.5 Å². The molecule has 67 heavy (non-hydrogen) atoms. The van der Waals surface area contributed by atoms with Crippen molar-refractivity contribution in [3.05, 3.63) is 47.1 Å². The van der Waals surface area contributed by atoms with Crippen LogP contribution in [0.2, 0.25) is 0 Å². The Hall–Kier alpha value is -2.50. The quantitative estimate of drug-likeness (QED) is 0.0500. The molecule has 0 amide bonds. The van der Waals surface area contributed by atoms with Gasteiger partial charge in [-0.15, -0.1) is 0 Å². The van der Waals surface area contributed by atoms with Crippen LogP contribution in [0.4, 0.5) is 0 Å². The van der Waals surface area contributed by atoms with E-state index in [2.05, 4.69) is 6.58 Å². The molecule has 4 aliphatic heterocycles. The fourth-order valence-corrected chi connectivity index (χ4v) is 9.35. The van der Waals surface area contributed by atoms with Crippen LogP contribution >= 0.6 is 0 Å². The normalized spacial score (nSPS) is 42.8. The van der Waals surface area contributed by atoms with Crippen LogP contribution in [0.1, 0.15) is 69.9 Å². The van der Waals surface area contributed by atoms with Crippen LogP contribution in [0.25, 0.3) is 0 Å². The van der Waals surface area contributed by atoms with Gasteiger partial charge in [0.25, 0.3) is 0 Å². The van der Waals surface area contributed by atoms with Crippen molar-refractivity contribution in [2.75, 3.05) is 26.4 Å². The first-order valence-corrected chi connectivity index (χ1v) is 22.9. The topological polar surface area (TPSA) is 357 Å². The summed E-state index contributed by atoms with van der Waals surface area (Å²) in [4.78, 5) is 0. The molecule has 22 atom stereocenters. The van der Waals surface area contributed by atoms with Gasteiger partial charge in [-0.1, -0.05) is 43.6 Å². The van der Waals surface area contributed by atoms with E-state index in [4.69, 9.17) is 37.9 Å². The molecule has 1 aromatic rings. The summed E-state index contributed by atoms with van der Waals surface area (Å²) in [5, 5.41) is 150. The maximum atomic E-state index is 12.0. The summed E-state index contributed by atoms with van der Waals surface area (Å²) in [5.41, 5.74) is 2.84. The number of hydrogen-bond acceptors (Lipinski definition) is 22. The largest absolute Gasteiger partial charge is 0.462 e. The molecule has 1 aromatic carbocycles. The van der Waals surface area contributed by atoms with E-state index in [0.29, 0.717) is 24.0 Å². The van der Waals surface area contributed by atoms with Gasteiger partial charge in [0.1, 0.15) is 109 Å². The number of aliphatic hydroxyl groups excluding tert-OH is 14. The zero-order valence-electron chi connectivity index (χ0n) is 37.7. The molecule has 0 bridgehead atoms. The van der Waals surface area contributed by atoms with Crippen LogP contribution in [0.15, 0.2) is 35.9 Å². The van der Waals surface area contributed by atoms with Crippen molar-refractivity contribution in [3.8, 4) is 11.5 Å². The van der Waals surface area contributed by atoms with E-state index in [-0.39, 0.29) is 17.4 Å². The first kappa shape index (κ1) is 53.8. The van der Waals surface area contributed by atoms with Crippen LogP contribution < -0.4 is 9.47 Å². The van der Waals surface area contributed by atoms with Crippen molar-refractivity contribution in [2.24, 2.45) is 5.92 Å². The summed E-state index contributed by atoms with van der Waals surface area (Å²) in [6.07, 6.45) is -28.8. The number of rotatable bonds is 18. The van der Waals surface area contributed by atoms with Crippen LogP contribution in [-0.2, 0) is 34.8 Å². The minimum atomic E-state index is -2.05.